The highest BCUT2D eigenvalue weighted by atomic mass is 32.2. The summed E-state index contributed by atoms with van der Waals surface area (Å²) in [5.41, 5.74) is 5.92. The number of aliphatic hydroxyl groups is 1. The lowest BCUT2D eigenvalue weighted by atomic mass is 9.98. The van der Waals surface area contributed by atoms with E-state index in [9.17, 15) is 14.7 Å². The smallest absolute Gasteiger partial charge is 0.240 e. The molecule has 7 nitrogen and oxygen atoms in total. The van der Waals surface area contributed by atoms with Crippen molar-refractivity contribution in [1.29, 1.82) is 0 Å². The number of rotatable bonds is 2. The van der Waals surface area contributed by atoms with E-state index >= 15 is 0 Å². The molecule has 2 heterocycles. The predicted octanol–water partition coefficient (Wildman–Crippen LogP) is 2.19. The Morgan fingerprint density at radius 3 is 2.81 bits per heavy atom. The van der Waals surface area contributed by atoms with Crippen LogP contribution in [-0.4, -0.2) is 38.8 Å². The van der Waals surface area contributed by atoms with Crippen LogP contribution in [-0.2, 0) is 9.59 Å². The molecule has 2 aliphatic heterocycles. The van der Waals surface area contributed by atoms with Gasteiger partial charge in [-0.05, 0) is 24.0 Å². The average molecular weight is 368 g/mol. The Hall–Kier alpha value is -3.00. The molecule has 1 atom stereocenters. The Morgan fingerprint density at radius 2 is 2.04 bits per heavy atom. The lowest BCUT2D eigenvalue weighted by Gasteiger charge is -2.43. The first-order chi connectivity index (χ1) is 12.6. The standard InChI is InChI=1S/C18H16N4O3S/c1-2-26-18-20-17(25)15-11-5-3-4-6-12(11)19-16(22(15)21-18)10-7-8-13(23)14(24)9-10/h3-9,16,19,25H,2H2,1H3,(H,20,21)/t16-/m0/s1. The van der Waals surface area contributed by atoms with Crippen molar-refractivity contribution in [2.45, 2.75) is 13.1 Å². The van der Waals surface area contributed by atoms with E-state index in [0.717, 1.165) is 17.0 Å². The van der Waals surface area contributed by atoms with Crippen molar-refractivity contribution in [3.63, 3.8) is 0 Å². The first-order valence-electron chi connectivity index (χ1n) is 8.13. The molecule has 26 heavy (non-hydrogen) atoms. The number of benzene rings is 1. The zero-order valence-electron chi connectivity index (χ0n) is 13.9. The van der Waals surface area contributed by atoms with Crippen LogP contribution in [0.4, 0.5) is 5.69 Å². The minimum absolute atomic E-state index is 0.0959. The highest BCUT2D eigenvalue weighted by Crippen LogP contribution is 2.38. The maximum atomic E-state index is 11.9. The molecule has 0 radical (unpaired) electrons. The number of hydrazine groups is 1. The van der Waals surface area contributed by atoms with Gasteiger partial charge < -0.3 is 10.4 Å². The normalized spacial score (nSPS) is 21.4. The van der Waals surface area contributed by atoms with Gasteiger partial charge in [0.05, 0.1) is 0 Å². The molecule has 1 aromatic rings. The number of amidine groups is 1. The fourth-order valence-corrected chi connectivity index (χ4v) is 3.63. The molecule has 3 aliphatic rings. The third kappa shape index (κ3) is 2.68. The zero-order chi connectivity index (χ0) is 18.3. The van der Waals surface area contributed by atoms with E-state index in [2.05, 4.69) is 15.7 Å². The van der Waals surface area contributed by atoms with Crippen LogP contribution >= 0.6 is 11.8 Å². The lowest BCUT2D eigenvalue weighted by Crippen LogP contribution is -2.54. The molecule has 0 spiro atoms. The topological polar surface area (TPSA) is 94.0 Å². The molecule has 0 aromatic heterocycles. The number of carbonyl (C=O) groups is 2. The summed E-state index contributed by atoms with van der Waals surface area (Å²) in [5, 5.41) is 16.2. The van der Waals surface area contributed by atoms with Gasteiger partial charge in [-0.3, -0.25) is 20.0 Å². The largest absolute Gasteiger partial charge is 0.492 e. The van der Waals surface area contributed by atoms with Crippen molar-refractivity contribution in [3.8, 4) is 0 Å². The molecular formula is C18H16N4O3S. The van der Waals surface area contributed by atoms with E-state index in [1.54, 1.807) is 11.1 Å². The van der Waals surface area contributed by atoms with Crippen LogP contribution in [0.15, 0.2) is 58.9 Å². The third-order valence-corrected chi connectivity index (χ3v) is 4.92. The van der Waals surface area contributed by atoms with Crippen molar-refractivity contribution in [3.05, 3.63) is 59.5 Å². The first-order valence-corrected chi connectivity index (χ1v) is 9.11. The molecule has 132 valence electrons. The Morgan fingerprint density at radius 1 is 1.23 bits per heavy atom. The van der Waals surface area contributed by atoms with Gasteiger partial charge >= 0.3 is 0 Å². The van der Waals surface area contributed by atoms with Crippen molar-refractivity contribution in [2.75, 3.05) is 11.1 Å². The van der Waals surface area contributed by atoms with Crippen LogP contribution in [0.3, 0.4) is 0 Å². The maximum Gasteiger partial charge on any atom is 0.240 e. The molecular weight excluding hydrogens is 352 g/mol. The summed E-state index contributed by atoms with van der Waals surface area (Å²) >= 11 is 1.46. The number of fused-ring (bicyclic) bond motifs is 3. The van der Waals surface area contributed by atoms with E-state index in [-0.39, 0.29) is 5.88 Å². The molecule has 8 heteroatoms. The van der Waals surface area contributed by atoms with Crippen molar-refractivity contribution < 1.29 is 14.7 Å². The Bertz CT molecular complexity index is 932. The number of anilines is 1. The van der Waals surface area contributed by atoms with E-state index in [1.807, 2.05) is 31.2 Å². The minimum atomic E-state index is -0.563. The number of nitrogens with zero attached hydrogens (tertiary/aromatic N) is 2. The summed E-state index contributed by atoms with van der Waals surface area (Å²) in [4.78, 5) is 27.6. The molecule has 0 amide bonds. The second-order valence-electron chi connectivity index (χ2n) is 5.80. The third-order valence-electron chi connectivity index (χ3n) is 4.17. The molecule has 0 unspecified atom stereocenters. The van der Waals surface area contributed by atoms with Crippen LogP contribution in [0.25, 0.3) is 5.70 Å². The number of allylic oxidation sites excluding steroid dienone is 2. The van der Waals surface area contributed by atoms with E-state index in [4.69, 9.17) is 0 Å². The number of hydrogen-bond donors (Lipinski definition) is 3. The molecule has 0 saturated heterocycles. The number of para-hydroxylation sites is 1. The van der Waals surface area contributed by atoms with E-state index in [1.165, 1.54) is 23.9 Å². The quantitative estimate of drug-likeness (QED) is 0.544. The van der Waals surface area contributed by atoms with Crippen LogP contribution < -0.4 is 10.7 Å². The Balaban J connectivity index is 1.83. The summed E-state index contributed by atoms with van der Waals surface area (Å²) in [6.45, 7) is 1.99. The fourth-order valence-electron chi connectivity index (χ4n) is 3.04. The second-order valence-corrected chi connectivity index (χ2v) is 7.06. The number of nitrogens with one attached hydrogen (secondary N) is 2. The molecule has 3 N–H and O–H groups in total. The lowest BCUT2D eigenvalue weighted by molar-refractivity contribution is -0.131. The fraction of sp³-hybridized carbons (Fsp3) is 0.167. The second kappa shape index (κ2) is 6.38. The van der Waals surface area contributed by atoms with Gasteiger partial charge in [-0.25, -0.2) is 0 Å². The van der Waals surface area contributed by atoms with Gasteiger partial charge in [0.25, 0.3) is 0 Å². The predicted molar refractivity (Wildman–Crippen MR) is 101 cm³/mol. The number of hydrogen-bond acceptors (Lipinski definition) is 8. The monoisotopic (exact) mass is 368 g/mol. The van der Waals surface area contributed by atoms with Gasteiger partial charge in [0.2, 0.25) is 17.4 Å². The Labute approximate surface area is 154 Å². The SMILES string of the molecule is CCSC1=NC(O)=C2c3ccccc3N[C@H](C3=CC(=O)C(=O)C=C3)N2N1. The van der Waals surface area contributed by atoms with E-state index < -0.39 is 17.7 Å². The zero-order valence-corrected chi connectivity index (χ0v) is 14.7. The van der Waals surface area contributed by atoms with Gasteiger partial charge in [0.1, 0.15) is 11.9 Å². The van der Waals surface area contributed by atoms with E-state index in [0.29, 0.717) is 16.4 Å². The summed E-state index contributed by atoms with van der Waals surface area (Å²) in [5.74, 6) is -0.417. The van der Waals surface area contributed by atoms with Crippen molar-refractivity contribution in [2.24, 2.45) is 4.99 Å². The van der Waals surface area contributed by atoms with Crippen molar-refractivity contribution in [1.82, 2.24) is 10.4 Å². The summed E-state index contributed by atoms with van der Waals surface area (Å²) in [7, 11) is 0. The molecule has 1 aliphatic carbocycles. The van der Waals surface area contributed by atoms with Crippen LogP contribution in [0, 0.1) is 0 Å². The van der Waals surface area contributed by atoms with Crippen LogP contribution in [0.2, 0.25) is 0 Å². The van der Waals surface area contributed by atoms with Crippen molar-refractivity contribution >= 4 is 39.9 Å². The molecule has 0 bridgehead atoms. The average Bonchev–Trinajstić information content (AvgIpc) is 2.63. The summed E-state index contributed by atoms with van der Waals surface area (Å²) in [6, 6.07) is 7.53. The number of ketones is 2. The Kier molecular flexibility index (Phi) is 4.04. The van der Waals surface area contributed by atoms with Gasteiger partial charge in [-0.15, -0.1) is 0 Å². The first kappa shape index (κ1) is 16.5. The molecule has 0 saturated carbocycles. The summed E-state index contributed by atoms with van der Waals surface area (Å²) in [6.07, 6.45) is 3.72. The molecule has 1 aromatic carbocycles. The minimum Gasteiger partial charge on any atom is -0.492 e. The number of aliphatic imine (C=N–C) groups is 1. The number of thioether (sulfide) groups is 1. The van der Waals surface area contributed by atoms with Gasteiger partial charge in [0.15, 0.2) is 5.17 Å². The van der Waals surface area contributed by atoms with Gasteiger partial charge in [-0.2, -0.15) is 4.99 Å². The van der Waals surface area contributed by atoms with Crippen LogP contribution in [0.1, 0.15) is 12.5 Å². The number of carbonyl (C=O) groups excluding carboxylic acids is 2. The van der Waals surface area contributed by atoms with Gasteiger partial charge in [-0.1, -0.05) is 43.0 Å². The number of aliphatic hydroxyl groups excluding tert-OH is 1. The highest BCUT2D eigenvalue weighted by Gasteiger charge is 2.37. The summed E-state index contributed by atoms with van der Waals surface area (Å²) < 4.78 is 0. The molecule has 0 fully saturated rings. The van der Waals surface area contributed by atoms with Gasteiger partial charge in [0, 0.05) is 16.8 Å². The molecule has 4 rings (SSSR count). The highest BCUT2D eigenvalue weighted by molar-refractivity contribution is 8.13. The maximum absolute atomic E-state index is 11.9. The van der Waals surface area contributed by atoms with Crippen LogP contribution in [0.5, 0.6) is 0 Å².